The van der Waals surface area contributed by atoms with Crippen LogP contribution in [0, 0.1) is 24.7 Å². The standard InChI is InChI=1S/C22H23NO2/c1-12-2-4-13(5-3-12)21-20-15-7-6-14(10-15)19(20)17-11-16(22(24)25)8-9-18(17)23-21/h2-5,8-9,11,14-15,19-21,23H,6-7,10H2,1H3,(H,24,25)/t14-,15-,19-,20-,21-/m0/s1. The van der Waals surface area contributed by atoms with Gasteiger partial charge < -0.3 is 10.4 Å². The maximum Gasteiger partial charge on any atom is 0.335 e. The number of aromatic carboxylic acids is 1. The summed E-state index contributed by atoms with van der Waals surface area (Å²) in [5.41, 5.74) is 5.43. The smallest absolute Gasteiger partial charge is 0.335 e. The van der Waals surface area contributed by atoms with Gasteiger partial charge in [-0.3, -0.25) is 0 Å². The molecule has 3 nitrogen and oxygen atoms in total. The Kier molecular flexibility index (Phi) is 3.21. The minimum atomic E-state index is -0.830. The number of anilines is 1. The highest BCUT2D eigenvalue weighted by molar-refractivity contribution is 5.88. The van der Waals surface area contributed by atoms with Crippen LogP contribution in [-0.4, -0.2) is 11.1 Å². The van der Waals surface area contributed by atoms with Crippen molar-refractivity contribution in [2.45, 2.75) is 38.1 Å². The van der Waals surface area contributed by atoms with Crippen molar-refractivity contribution in [3.05, 3.63) is 64.7 Å². The highest BCUT2D eigenvalue weighted by Gasteiger charge is 2.53. The van der Waals surface area contributed by atoms with E-state index in [4.69, 9.17) is 0 Å². The summed E-state index contributed by atoms with van der Waals surface area (Å²) in [5, 5.41) is 13.2. The number of nitrogens with one attached hydrogen (secondary N) is 1. The Morgan fingerprint density at radius 2 is 1.84 bits per heavy atom. The van der Waals surface area contributed by atoms with Crippen molar-refractivity contribution in [2.24, 2.45) is 17.8 Å². The summed E-state index contributed by atoms with van der Waals surface area (Å²) in [6.07, 6.45) is 3.92. The summed E-state index contributed by atoms with van der Waals surface area (Å²) in [4.78, 5) is 11.4. The summed E-state index contributed by atoms with van der Waals surface area (Å²) < 4.78 is 0. The Morgan fingerprint density at radius 1 is 1.08 bits per heavy atom. The Morgan fingerprint density at radius 3 is 2.60 bits per heavy atom. The SMILES string of the molecule is Cc1ccc([C@@H]2Nc3ccc(C(=O)O)cc3[C@@H]3[C@H]4CC[C@@H](C4)[C@@H]32)cc1. The van der Waals surface area contributed by atoms with Gasteiger partial charge in [0.05, 0.1) is 11.6 Å². The number of benzene rings is 2. The van der Waals surface area contributed by atoms with Crippen molar-refractivity contribution in [3.63, 3.8) is 0 Å². The summed E-state index contributed by atoms with van der Waals surface area (Å²) in [7, 11) is 0. The van der Waals surface area contributed by atoms with Crippen LogP contribution in [0.1, 0.15) is 58.3 Å². The van der Waals surface area contributed by atoms with E-state index in [-0.39, 0.29) is 0 Å². The van der Waals surface area contributed by atoms with Gasteiger partial charge in [0.2, 0.25) is 0 Å². The van der Waals surface area contributed by atoms with Crippen molar-refractivity contribution >= 4 is 11.7 Å². The van der Waals surface area contributed by atoms with Crippen LogP contribution in [-0.2, 0) is 0 Å². The number of rotatable bonds is 2. The minimum absolute atomic E-state index is 0.337. The molecule has 2 fully saturated rings. The van der Waals surface area contributed by atoms with Gasteiger partial charge in [-0.25, -0.2) is 4.79 Å². The van der Waals surface area contributed by atoms with Crippen LogP contribution < -0.4 is 5.32 Å². The number of carbonyl (C=O) groups is 1. The third kappa shape index (κ3) is 2.21. The molecule has 128 valence electrons. The second-order valence-corrected chi connectivity index (χ2v) is 8.08. The van der Waals surface area contributed by atoms with Crippen LogP contribution >= 0.6 is 0 Å². The molecule has 1 aliphatic heterocycles. The van der Waals surface area contributed by atoms with E-state index in [1.165, 1.54) is 36.0 Å². The molecule has 5 atom stereocenters. The molecule has 1 heterocycles. The minimum Gasteiger partial charge on any atom is -0.478 e. The average Bonchev–Trinajstić information content (AvgIpc) is 3.23. The van der Waals surface area contributed by atoms with Crippen molar-refractivity contribution in [2.75, 3.05) is 5.32 Å². The molecule has 0 spiro atoms. The van der Waals surface area contributed by atoms with Crippen LogP contribution in [0.3, 0.4) is 0 Å². The molecule has 2 N–H and O–H groups in total. The number of hydrogen-bond acceptors (Lipinski definition) is 2. The van der Waals surface area contributed by atoms with Gasteiger partial charge in [-0.1, -0.05) is 29.8 Å². The zero-order valence-corrected chi connectivity index (χ0v) is 14.4. The number of aryl methyl sites for hydroxylation is 1. The first-order valence-electron chi connectivity index (χ1n) is 9.32. The van der Waals surface area contributed by atoms with E-state index in [9.17, 15) is 9.90 Å². The van der Waals surface area contributed by atoms with Crippen molar-refractivity contribution in [3.8, 4) is 0 Å². The summed E-state index contributed by atoms with van der Waals surface area (Å²) in [6, 6.07) is 14.9. The first-order valence-corrected chi connectivity index (χ1v) is 9.32. The molecule has 0 amide bonds. The maximum atomic E-state index is 11.4. The predicted octanol–water partition coefficient (Wildman–Crippen LogP) is 4.99. The molecule has 3 heteroatoms. The van der Waals surface area contributed by atoms with E-state index in [2.05, 4.69) is 36.5 Å². The third-order valence-corrected chi connectivity index (χ3v) is 6.77. The fourth-order valence-corrected chi connectivity index (χ4v) is 5.72. The summed E-state index contributed by atoms with van der Waals surface area (Å²) in [6.45, 7) is 2.13. The van der Waals surface area contributed by atoms with Crippen molar-refractivity contribution in [1.82, 2.24) is 0 Å². The van der Waals surface area contributed by atoms with Gasteiger partial charge in [0.1, 0.15) is 0 Å². The second-order valence-electron chi connectivity index (χ2n) is 8.08. The Balaban J connectivity index is 1.62. The molecule has 2 aromatic carbocycles. The van der Waals surface area contributed by atoms with Gasteiger partial charge in [0, 0.05) is 5.69 Å². The van der Waals surface area contributed by atoms with Gasteiger partial charge in [-0.2, -0.15) is 0 Å². The average molecular weight is 333 g/mol. The Labute approximate surface area is 148 Å². The number of hydrogen-bond donors (Lipinski definition) is 2. The first kappa shape index (κ1) is 15.0. The molecular formula is C22H23NO2. The fraction of sp³-hybridized carbons (Fsp3) is 0.409. The van der Waals surface area contributed by atoms with E-state index in [0.717, 1.165) is 11.6 Å². The zero-order chi connectivity index (χ0) is 17.1. The molecule has 25 heavy (non-hydrogen) atoms. The number of carboxylic acids is 1. The summed E-state index contributed by atoms with van der Waals surface area (Å²) in [5.74, 6) is 1.73. The normalized spacial score (nSPS) is 32.0. The van der Waals surface area contributed by atoms with Crippen LogP contribution in [0.5, 0.6) is 0 Å². The van der Waals surface area contributed by atoms with E-state index in [1.54, 1.807) is 6.07 Å². The van der Waals surface area contributed by atoms with E-state index >= 15 is 0 Å². The second kappa shape index (κ2) is 5.35. The first-order chi connectivity index (χ1) is 12.1. The molecule has 0 saturated heterocycles. The lowest BCUT2D eigenvalue weighted by atomic mass is 9.68. The van der Waals surface area contributed by atoms with Gasteiger partial charge in [-0.15, -0.1) is 0 Å². The largest absolute Gasteiger partial charge is 0.478 e. The topological polar surface area (TPSA) is 49.3 Å². The van der Waals surface area contributed by atoms with Crippen LogP contribution in [0.15, 0.2) is 42.5 Å². The highest BCUT2D eigenvalue weighted by Crippen LogP contribution is 2.63. The van der Waals surface area contributed by atoms with Crippen LogP contribution in [0.25, 0.3) is 0 Å². The predicted molar refractivity (Wildman–Crippen MR) is 98.0 cm³/mol. The van der Waals surface area contributed by atoms with Gasteiger partial charge in [-0.05, 0) is 79.2 Å². The lowest BCUT2D eigenvalue weighted by Crippen LogP contribution is -2.35. The van der Waals surface area contributed by atoms with E-state index in [0.29, 0.717) is 29.4 Å². The number of fused-ring (bicyclic) bond motifs is 7. The highest BCUT2D eigenvalue weighted by atomic mass is 16.4. The molecule has 3 aliphatic rings. The van der Waals surface area contributed by atoms with Gasteiger partial charge in [0.25, 0.3) is 0 Å². The Bertz CT molecular complexity index is 842. The number of carboxylic acid groups (broad SMARTS) is 1. The van der Waals surface area contributed by atoms with Crippen LogP contribution in [0.2, 0.25) is 0 Å². The molecular weight excluding hydrogens is 310 g/mol. The lowest BCUT2D eigenvalue weighted by molar-refractivity contribution is 0.0696. The molecule has 2 bridgehead atoms. The Hall–Kier alpha value is -2.29. The summed E-state index contributed by atoms with van der Waals surface area (Å²) >= 11 is 0. The van der Waals surface area contributed by atoms with E-state index < -0.39 is 5.97 Å². The van der Waals surface area contributed by atoms with Crippen LogP contribution in [0.4, 0.5) is 5.69 Å². The monoisotopic (exact) mass is 333 g/mol. The lowest BCUT2D eigenvalue weighted by Gasteiger charge is -2.43. The van der Waals surface area contributed by atoms with Crippen molar-refractivity contribution < 1.29 is 9.90 Å². The molecule has 0 unspecified atom stereocenters. The fourth-order valence-electron chi connectivity index (χ4n) is 5.72. The van der Waals surface area contributed by atoms with E-state index in [1.807, 2.05) is 12.1 Å². The molecule has 2 aromatic rings. The molecule has 0 aromatic heterocycles. The van der Waals surface area contributed by atoms with Gasteiger partial charge >= 0.3 is 5.97 Å². The molecule has 2 aliphatic carbocycles. The van der Waals surface area contributed by atoms with Gasteiger partial charge in [0.15, 0.2) is 0 Å². The molecule has 5 rings (SSSR count). The van der Waals surface area contributed by atoms with Crippen molar-refractivity contribution in [1.29, 1.82) is 0 Å². The third-order valence-electron chi connectivity index (χ3n) is 6.77. The quantitative estimate of drug-likeness (QED) is 0.814. The zero-order valence-electron chi connectivity index (χ0n) is 14.4. The maximum absolute atomic E-state index is 11.4. The molecule has 0 radical (unpaired) electrons. The molecule has 2 saturated carbocycles.